The Labute approximate surface area is 101 Å². The lowest BCUT2D eigenvalue weighted by atomic mass is 10.2. The topological polar surface area (TPSA) is 94.0 Å². The maximum absolute atomic E-state index is 10.8. The lowest BCUT2D eigenvalue weighted by Crippen LogP contribution is -1.94. The van der Waals surface area contributed by atoms with E-state index in [0.29, 0.717) is 22.7 Å². The van der Waals surface area contributed by atoms with Gasteiger partial charge in [-0.2, -0.15) is 0 Å². The number of aryl methyl sites for hydroxylation is 1. The van der Waals surface area contributed by atoms with Crippen molar-refractivity contribution in [2.45, 2.75) is 0 Å². The molecule has 2 aromatic heterocycles. The standard InChI is InChI=1S/C11H8N4O3/c1-15-5-8(13-14-15)10-12-7-3-2-6(11(16)17)4-9(7)18-10/h2-5H,1H3,(H,16,17). The summed E-state index contributed by atoms with van der Waals surface area (Å²) < 4.78 is 7.00. The molecule has 0 amide bonds. The summed E-state index contributed by atoms with van der Waals surface area (Å²) >= 11 is 0. The lowest BCUT2D eigenvalue weighted by Gasteiger charge is -1.91. The zero-order chi connectivity index (χ0) is 12.7. The number of benzene rings is 1. The highest BCUT2D eigenvalue weighted by Crippen LogP contribution is 2.23. The van der Waals surface area contributed by atoms with Gasteiger partial charge < -0.3 is 9.52 Å². The normalized spacial score (nSPS) is 10.9. The molecular weight excluding hydrogens is 236 g/mol. The molecule has 0 spiro atoms. The molecule has 7 nitrogen and oxygen atoms in total. The Kier molecular flexibility index (Phi) is 2.12. The van der Waals surface area contributed by atoms with E-state index in [1.165, 1.54) is 16.8 Å². The van der Waals surface area contributed by atoms with Crippen molar-refractivity contribution < 1.29 is 14.3 Å². The Morgan fingerprint density at radius 3 is 2.94 bits per heavy atom. The number of carboxylic acids is 1. The molecular formula is C11H8N4O3. The van der Waals surface area contributed by atoms with E-state index in [-0.39, 0.29) is 5.56 Å². The first-order valence-corrected chi connectivity index (χ1v) is 5.14. The molecule has 2 heterocycles. The average Bonchev–Trinajstić information content (AvgIpc) is 2.93. The van der Waals surface area contributed by atoms with Crippen LogP contribution in [-0.4, -0.2) is 31.1 Å². The van der Waals surface area contributed by atoms with Crippen LogP contribution >= 0.6 is 0 Å². The summed E-state index contributed by atoms with van der Waals surface area (Å²) in [5, 5.41) is 16.5. The molecule has 18 heavy (non-hydrogen) atoms. The van der Waals surface area contributed by atoms with E-state index in [1.54, 1.807) is 19.3 Å². The highest BCUT2D eigenvalue weighted by Gasteiger charge is 2.13. The molecule has 0 atom stereocenters. The van der Waals surface area contributed by atoms with Crippen LogP contribution in [0.2, 0.25) is 0 Å². The summed E-state index contributed by atoms with van der Waals surface area (Å²) in [4.78, 5) is 15.1. The van der Waals surface area contributed by atoms with Crippen LogP contribution in [0.3, 0.4) is 0 Å². The minimum absolute atomic E-state index is 0.157. The fourth-order valence-electron chi connectivity index (χ4n) is 1.61. The number of aromatic nitrogens is 4. The number of fused-ring (bicyclic) bond motifs is 1. The molecule has 0 bridgehead atoms. The first-order valence-electron chi connectivity index (χ1n) is 5.14. The summed E-state index contributed by atoms with van der Waals surface area (Å²) in [5.74, 6) is -0.685. The number of hydrogen-bond donors (Lipinski definition) is 1. The summed E-state index contributed by atoms with van der Waals surface area (Å²) in [6.45, 7) is 0. The van der Waals surface area contributed by atoms with Crippen molar-refractivity contribution in [3.8, 4) is 11.6 Å². The number of nitrogens with zero attached hydrogens (tertiary/aromatic N) is 4. The van der Waals surface area contributed by atoms with Crippen molar-refractivity contribution in [1.29, 1.82) is 0 Å². The van der Waals surface area contributed by atoms with E-state index < -0.39 is 5.97 Å². The zero-order valence-electron chi connectivity index (χ0n) is 9.36. The van der Waals surface area contributed by atoms with Crippen molar-refractivity contribution in [2.75, 3.05) is 0 Å². The number of hydrogen-bond acceptors (Lipinski definition) is 5. The summed E-state index contributed by atoms with van der Waals surface area (Å²) in [5.41, 5.74) is 1.66. The van der Waals surface area contributed by atoms with Crippen molar-refractivity contribution in [1.82, 2.24) is 20.0 Å². The van der Waals surface area contributed by atoms with Gasteiger partial charge in [-0.25, -0.2) is 9.78 Å². The first-order chi connectivity index (χ1) is 8.63. The lowest BCUT2D eigenvalue weighted by molar-refractivity contribution is 0.0697. The Bertz CT molecular complexity index is 744. The first kappa shape index (κ1) is 10.5. The monoisotopic (exact) mass is 244 g/mol. The van der Waals surface area contributed by atoms with Gasteiger partial charge in [0.1, 0.15) is 5.52 Å². The number of aromatic carboxylic acids is 1. The number of carboxylic acid groups (broad SMARTS) is 1. The third-order valence-electron chi connectivity index (χ3n) is 2.46. The summed E-state index contributed by atoms with van der Waals surface area (Å²) in [7, 11) is 1.74. The fraction of sp³-hybridized carbons (Fsp3) is 0.0909. The number of rotatable bonds is 2. The number of oxazole rings is 1. The van der Waals surface area contributed by atoms with E-state index in [1.807, 2.05) is 0 Å². The molecule has 0 aliphatic rings. The van der Waals surface area contributed by atoms with E-state index in [2.05, 4.69) is 15.3 Å². The molecule has 3 rings (SSSR count). The molecule has 0 aliphatic carbocycles. The van der Waals surface area contributed by atoms with E-state index >= 15 is 0 Å². The SMILES string of the molecule is Cn1cc(-c2nc3ccc(C(=O)O)cc3o2)nn1. The van der Waals surface area contributed by atoms with Gasteiger partial charge in [-0.05, 0) is 18.2 Å². The van der Waals surface area contributed by atoms with Gasteiger partial charge in [-0.3, -0.25) is 4.68 Å². The zero-order valence-corrected chi connectivity index (χ0v) is 9.36. The quantitative estimate of drug-likeness (QED) is 0.730. The summed E-state index contributed by atoms with van der Waals surface area (Å²) in [6.07, 6.45) is 1.67. The fourth-order valence-corrected chi connectivity index (χ4v) is 1.61. The Morgan fingerprint density at radius 1 is 1.44 bits per heavy atom. The van der Waals surface area contributed by atoms with Crippen LogP contribution in [0.4, 0.5) is 0 Å². The van der Waals surface area contributed by atoms with Crippen molar-refractivity contribution >= 4 is 17.1 Å². The molecule has 90 valence electrons. The molecule has 0 radical (unpaired) electrons. The Morgan fingerprint density at radius 2 is 2.28 bits per heavy atom. The second-order valence-electron chi connectivity index (χ2n) is 3.78. The van der Waals surface area contributed by atoms with Gasteiger partial charge in [-0.1, -0.05) is 5.21 Å². The smallest absolute Gasteiger partial charge is 0.335 e. The van der Waals surface area contributed by atoms with E-state index in [0.717, 1.165) is 0 Å². The largest absolute Gasteiger partial charge is 0.478 e. The highest BCUT2D eigenvalue weighted by molar-refractivity contribution is 5.92. The molecule has 3 aromatic rings. The van der Waals surface area contributed by atoms with Crippen LogP contribution in [0.25, 0.3) is 22.7 Å². The highest BCUT2D eigenvalue weighted by atomic mass is 16.4. The predicted molar refractivity (Wildman–Crippen MR) is 61.0 cm³/mol. The molecule has 0 unspecified atom stereocenters. The summed E-state index contributed by atoms with van der Waals surface area (Å²) in [6, 6.07) is 4.51. The molecule has 0 aliphatic heterocycles. The second-order valence-corrected chi connectivity index (χ2v) is 3.78. The van der Waals surface area contributed by atoms with Crippen molar-refractivity contribution in [3.05, 3.63) is 30.0 Å². The van der Waals surface area contributed by atoms with Gasteiger partial charge in [0.05, 0.1) is 11.8 Å². The second kappa shape index (κ2) is 3.66. The maximum atomic E-state index is 10.8. The van der Waals surface area contributed by atoms with E-state index in [9.17, 15) is 4.79 Å². The molecule has 1 N–H and O–H groups in total. The average molecular weight is 244 g/mol. The van der Waals surface area contributed by atoms with Crippen LogP contribution in [-0.2, 0) is 7.05 Å². The van der Waals surface area contributed by atoms with Crippen LogP contribution < -0.4 is 0 Å². The van der Waals surface area contributed by atoms with Gasteiger partial charge in [0.2, 0.25) is 5.89 Å². The maximum Gasteiger partial charge on any atom is 0.335 e. The third-order valence-corrected chi connectivity index (χ3v) is 2.46. The third kappa shape index (κ3) is 1.61. The van der Waals surface area contributed by atoms with Gasteiger partial charge in [0.15, 0.2) is 11.3 Å². The van der Waals surface area contributed by atoms with Crippen LogP contribution in [0.5, 0.6) is 0 Å². The minimum Gasteiger partial charge on any atom is -0.478 e. The predicted octanol–water partition coefficient (Wildman–Crippen LogP) is 1.32. The van der Waals surface area contributed by atoms with Crippen LogP contribution in [0.15, 0.2) is 28.8 Å². The van der Waals surface area contributed by atoms with Gasteiger partial charge in [0, 0.05) is 7.05 Å². The van der Waals surface area contributed by atoms with E-state index in [4.69, 9.17) is 9.52 Å². The molecule has 0 saturated carbocycles. The molecule has 7 heteroatoms. The Hall–Kier alpha value is -2.70. The number of carbonyl (C=O) groups is 1. The van der Waals surface area contributed by atoms with Gasteiger partial charge >= 0.3 is 5.97 Å². The molecule has 0 saturated heterocycles. The molecule has 0 fully saturated rings. The van der Waals surface area contributed by atoms with Crippen molar-refractivity contribution in [3.63, 3.8) is 0 Å². The minimum atomic E-state index is -1.01. The van der Waals surface area contributed by atoms with Gasteiger partial charge in [-0.15, -0.1) is 5.10 Å². The van der Waals surface area contributed by atoms with Crippen LogP contribution in [0.1, 0.15) is 10.4 Å². The molecule has 1 aromatic carbocycles. The Balaban J connectivity index is 2.13. The van der Waals surface area contributed by atoms with Gasteiger partial charge in [0.25, 0.3) is 0 Å². The van der Waals surface area contributed by atoms with Crippen LogP contribution in [0, 0.1) is 0 Å². The van der Waals surface area contributed by atoms with Crippen molar-refractivity contribution in [2.24, 2.45) is 7.05 Å².